The number of hydrogen-bond acceptors (Lipinski definition) is 4. The molecule has 176 valence electrons. The monoisotopic (exact) mass is 483 g/mol. The number of fused-ring (bicyclic) bond motifs is 1. The third-order valence-electron chi connectivity index (χ3n) is 6.46. The molecule has 0 radical (unpaired) electrons. The maximum Gasteiger partial charge on any atom is 0.433 e. The minimum Gasteiger partial charge on any atom is -0.354 e. The number of alkyl halides is 3. The van der Waals surface area contributed by atoms with Crippen LogP contribution >= 0.6 is 11.6 Å². The number of halogens is 4. The molecule has 0 bridgehead atoms. The summed E-state index contributed by atoms with van der Waals surface area (Å²) in [4.78, 5) is 40.1. The van der Waals surface area contributed by atoms with Crippen LogP contribution in [0.25, 0.3) is 5.52 Å². The highest BCUT2D eigenvalue weighted by Crippen LogP contribution is 2.43. The van der Waals surface area contributed by atoms with Crippen LogP contribution in [0.15, 0.2) is 12.1 Å². The number of piperidine rings is 1. The summed E-state index contributed by atoms with van der Waals surface area (Å²) in [6, 6.07) is 2.48. The summed E-state index contributed by atoms with van der Waals surface area (Å²) >= 11 is 6.36. The number of rotatable bonds is 3. The molecule has 0 aromatic carbocycles. The van der Waals surface area contributed by atoms with Crippen LogP contribution < -0.4 is 5.32 Å². The minimum absolute atomic E-state index is 0.0275. The standard InChI is InChI=1S/C21H21ClF3N5O3/c22-18-14-7-12(11-1-2-11)8-15(21(23,24)25)30(14)27-19(18)20(33)28-5-6-29(17(32)10-28)13-3-4-16(31)26-9-13/h7-8,11,13H,1-6,9-10H2,(H,26,31). The van der Waals surface area contributed by atoms with E-state index < -0.39 is 17.8 Å². The van der Waals surface area contributed by atoms with E-state index in [9.17, 15) is 27.6 Å². The van der Waals surface area contributed by atoms with Gasteiger partial charge in [-0.3, -0.25) is 14.4 Å². The van der Waals surface area contributed by atoms with Gasteiger partial charge in [-0.05, 0) is 42.9 Å². The highest BCUT2D eigenvalue weighted by atomic mass is 35.5. The van der Waals surface area contributed by atoms with E-state index in [0.29, 0.717) is 29.5 Å². The molecule has 12 heteroatoms. The summed E-state index contributed by atoms with van der Waals surface area (Å²) in [5.41, 5.74) is -0.733. The molecule has 2 aromatic heterocycles. The van der Waals surface area contributed by atoms with Crippen molar-refractivity contribution >= 4 is 34.8 Å². The molecular formula is C21H21ClF3N5O3. The van der Waals surface area contributed by atoms with Gasteiger partial charge in [0.2, 0.25) is 11.8 Å². The lowest BCUT2D eigenvalue weighted by molar-refractivity contribution is -0.142. The first kappa shape index (κ1) is 22.0. The van der Waals surface area contributed by atoms with E-state index in [2.05, 4.69) is 10.4 Å². The maximum atomic E-state index is 13.7. The molecule has 3 aliphatic rings. The van der Waals surface area contributed by atoms with Crippen LogP contribution in [0.5, 0.6) is 0 Å². The van der Waals surface area contributed by atoms with Crippen molar-refractivity contribution in [2.24, 2.45) is 0 Å². The summed E-state index contributed by atoms with van der Waals surface area (Å²) in [6.45, 7) is 0.585. The second kappa shape index (κ2) is 7.89. The summed E-state index contributed by atoms with van der Waals surface area (Å²) in [7, 11) is 0. The fourth-order valence-corrected chi connectivity index (χ4v) is 4.76. The van der Waals surface area contributed by atoms with Gasteiger partial charge in [0.1, 0.15) is 12.2 Å². The smallest absolute Gasteiger partial charge is 0.354 e. The fraction of sp³-hybridized carbons (Fsp3) is 0.524. The molecule has 1 unspecified atom stereocenters. The Morgan fingerprint density at radius 2 is 1.91 bits per heavy atom. The van der Waals surface area contributed by atoms with Crippen LogP contribution in [0.3, 0.4) is 0 Å². The molecule has 33 heavy (non-hydrogen) atoms. The molecule has 2 aliphatic heterocycles. The molecule has 2 aromatic rings. The normalized spacial score (nSPS) is 22.1. The Labute approximate surface area is 191 Å². The minimum atomic E-state index is -4.67. The number of nitrogens with one attached hydrogen (secondary N) is 1. The molecule has 8 nitrogen and oxygen atoms in total. The second-order valence-corrected chi connectivity index (χ2v) is 9.09. The van der Waals surface area contributed by atoms with Gasteiger partial charge in [0.25, 0.3) is 5.91 Å². The zero-order chi connectivity index (χ0) is 23.5. The topological polar surface area (TPSA) is 87.0 Å². The molecule has 3 fully saturated rings. The van der Waals surface area contributed by atoms with Gasteiger partial charge in [-0.2, -0.15) is 18.3 Å². The number of carbonyl (C=O) groups excluding carboxylic acids is 3. The Morgan fingerprint density at radius 1 is 1.15 bits per heavy atom. The molecule has 4 heterocycles. The quantitative estimate of drug-likeness (QED) is 0.726. The van der Waals surface area contributed by atoms with E-state index in [4.69, 9.17) is 11.6 Å². The van der Waals surface area contributed by atoms with Crippen LogP contribution in [0, 0.1) is 0 Å². The summed E-state index contributed by atoms with van der Waals surface area (Å²) in [6.07, 6.45) is -2.17. The highest BCUT2D eigenvalue weighted by molar-refractivity contribution is 6.36. The van der Waals surface area contributed by atoms with Gasteiger partial charge in [0.05, 0.1) is 10.5 Å². The first-order chi connectivity index (χ1) is 15.6. The molecule has 0 spiro atoms. The third-order valence-corrected chi connectivity index (χ3v) is 6.84. The largest absolute Gasteiger partial charge is 0.433 e. The van der Waals surface area contributed by atoms with Gasteiger partial charge in [0, 0.05) is 32.1 Å². The van der Waals surface area contributed by atoms with Gasteiger partial charge in [0.15, 0.2) is 5.69 Å². The van der Waals surface area contributed by atoms with Gasteiger partial charge >= 0.3 is 6.18 Å². The van der Waals surface area contributed by atoms with E-state index >= 15 is 0 Å². The van der Waals surface area contributed by atoms with E-state index in [-0.39, 0.29) is 59.6 Å². The summed E-state index contributed by atoms with van der Waals surface area (Å²) < 4.78 is 41.8. The fourth-order valence-electron chi connectivity index (χ4n) is 4.51. The average Bonchev–Trinajstić information content (AvgIpc) is 3.57. The average molecular weight is 484 g/mol. The predicted molar refractivity (Wildman–Crippen MR) is 111 cm³/mol. The first-order valence-corrected chi connectivity index (χ1v) is 11.2. The van der Waals surface area contributed by atoms with Crippen LogP contribution in [-0.4, -0.2) is 69.4 Å². The summed E-state index contributed by atoms with van der Waals surface area (Å²) in [5.74, 6) is -0.981. The van der Waals surface area contributed by atoms with Crippen molar-refractivity contribution in [1.29, 1.82) is 0 Å². The lowest BCUT2D eigenvalue weighted by atomic mass is 10.0. The molecule has 3 amide bonds. The SMILES string of the molecule is O=C1CCC(N2CCN(C(=O)c3nn4c(C(F)(F)F)cc(C5CC5)cc4c3Cl)CC2=O)CN1. The molecule has 2 saturated heterocycles. The van der Waals surface area contributed by atoms with Gasteiger partial charge in [-0.15, -0.1) is 0 Å². The third kappa shape index (κ3) is 4.03. The molecule has 1 atom stereocenters. The lowest BCUT2D eigenvalue weighted by Gasteiger charge is -2.40. The Kier molecular flexibility index (Phi) is 5.26. The highest BCUT2D eigenvalue weighted by Gasteiger charge is 2.39. The Hall–Kier alpha value is -2.82. The van der Waals surface area contributed by atoms with Crippen molar-refractivity contribution in [2.45, 2.75) is 43.8 Å². The molecular weight excluding hydrogens is 463 g/mol. The molecule has 1 saturated carbocycles. The van der Waals surface area contributed by atoms with E-state index in [1.54, 1.807) is 11.0 Å². The number of hydrogen-bond donors (Lipinski definition) is 1. The first-order valence-electron chi connectivity index (χ1n) is 10.8. The molecule has 5 rings (SSSR count). The van der Waals surface area contributed by atoms with E-state index in [0.717, 1.165) is 18.9 Å². The molecule has 1 aliphatic carbocycles. The Balaban J connectivity index is 1.40. The van der Waals surface area contributed by atoms with Crippen LogP contribution in [-0.2, 0) is 15.8 Å². The van der Waals surface area contributed by atoms with Crippen molar-refractivity contribution in [3.63, 3.8) is 0 Å². The van der Waals surface area contributed by atoms with Gasteiger partial charge in [-0.1, -0.05) is 11.6 Å². The van der Waals surface area contributed by atoms with Crippen LogP contribution in [0.1, 0.15) is 53.3 Å². The Morgan fingerprint density at radius 3 is 2.52 bits per heavy atom. The second-order valence-electron chi connectivity index (χ2n) is 8.72. The summed E-state index contributed by atoms with van der Waals surface area (Å²) in [5, 5.41) is 6.49. The number of piperazine rings is 1. The number of carbonyl (C=O) groups is 3. The van der Waals surface area contributed by atoms with Crippen molar-refractivity contribution in [1.82, 2.24) is 24.7 Å². The molecule has 1 N–H and O–H groups in total. The van der Waals surface area contributed by atoms with Gasteiger partial charge in [-0.25, -0.2) is 4.52 Å². The lowest BCUT2D eigenvalue weighted by Crippen LogP contribution is -2.58. The number of pyridine rings is 1. The number of nitrogens with zero attached hydrogens (tertiary/aromatic N) is 4. The van der Waals surface area contributed by atoms with E-state index in [1.165, 1.54) is 4.90 Å². The number of amides is 3. The zero-order valence-electron chi connectivity index (χ0n) is 17.5. The van der Waals surface area contributed by atoms with Crippen molar-refractivity contribution < 1.29 is 27.6 Å². The zero-order valence-corrected chi connectivity index (χ0v) is 18.2. The van der Waals surface area contributed by atoms with Gasteiger partial charge < -0.3 is 15.1 Å². The Bertz CT molecular complexity index is 1150. The van der Waals surface area contributed by atoms with Crippen molar-refractivity contribution in [3.8, 4) is 0 Å². The van der Waals surface area contributed by atoms with Crippen molar-refractivity contribution in [2.75, 3.05) is 26.2 Å². The van der Waals surface area contributed by atoms with Crippen LogP contribution in [0.4, 0.5) is 13.2 Å². The van der Waals surface area contributed by atoms with Crippen LogP contribution in [0.2, 0.25) is 5.02 Å². The van der Waals surface area contributed by atoms with E-state index in [1.807, 2.05) is 0 Å². The maximum absolute atomic E-state index is 13.7. The number of aromatic nitrogens is 2. The van der Waals surface area contributed by atoms with Crippen molar-refractivity contribution in [3.05, 3.63) is 34.1 Å². The predicted octanol–water partition coefficient (Wildman–Crippen LogP) is 2.45.